The Morgan fingerprint density at radius 2 is 1.97 bits per heavy atom. The SMILES string of the molecule is Nc1nc(C(=NOC2CCCC2)C(=O)NC2C(=O)N3C(C(=O)O)=C(C[n+]4ccc(C5CC5)cc4)CS[C@@H]23)cs1. The van der Waals surface area contributed by atoms with E-state index in [1.54, 1.807) is 5.38 Å². The summed E-state index contributed by atoms with van der Waals surface area (Å²) in [6, 6.07) is 3.25. The fraction of sp³-hybridized carbons (Fsp3) is 0.462. The molecule has 4 heterocycles. The van der Waals surface area contributed by atoms with Gasteiger partial charge in [0.25, 0.3) is 11.8 Å². The molecule has 2 atom stereocenters. The van der Waals surface area contributed by atoms with Crippen LogP contribution in [0.3, 0.4) is 0 Å². The highest BCUT2D eigenvalue weighted by Crippen LogP contribution is 2.41. The van der Waals surface area contributed by atoms with Crippen molar-refractivity contribution in [3.63, 3.8) is 0 Å². The Morgan fingerprint density at radius 1 is 1.23 bits per heavy atom. The number of nitrogens with zero attached hydrogens (tertiary/aromatic N) is 4. The Balaban J connectivity index is 1.17. The number of carbonyl (C=O) groups excluding carboxylic acids is 2. The summed E-state index contributed by atoms with van der Waals surface area (Å²) in [4.78, 5) is 49.8. The Labute approximate surface area is 233 Å². The van der Waals surface area contributed by atoms with Gasteiger partial charge in [-0.25, -0.2) is 14.3 Å². The third-order valence-electron chi connectivity index (χ3n) is 7.45. The number of carbonyl (C=O) groups is 3. The molecule has 2 aliphatic heterocycles. The topological polar surface area (TPSA) is 151 Å². The van der Waals surface area contributed by atoms with E-state index in [-0.39, 0.29) is 28.3 Å². The number of thioether (sulfide) groups is 1. The average molecular weight is 570 g/mol. The summed E-state index contributed by atoms with van der Waals surface area (Å²) in [6.07, 6.45) is 10.1. The molecule has 3 fully saturated rings. The summed E-state index contributed by atoms with van der Waals surface area (Å²) in [6.45, 7) is 0.369. The smallest absolute Gasteiger partial charge is 0.352 e. The quantitative estimate of drug-likeness (QED) is 0.180. The molecule has 11 nitrogen and oxygen atoms in total. The van der Waals surface area contributed by atoms with Gasteiger partial charge in [0.2, 0.25) is 0 Å². The maximum absolute atomic E-state index is 13.3. The van der Waals surface area contributed by atoms with Crippen LogP contribution in [0.25, 0.3) is 0 Å². The highest BCUT2D eigenvalue weighted by atomic mass is 32.2. The van der Waals surface area contributed by atoms with Crippen molar-refractivity contribution in [2.45, 2.75) is 68.5 Å². The van der Waals surface area contributed by atoms with Crippen LogP contribution in [0, 0.1) is 0 Å². The Hall–Kier alpha value is -3.45. The molecular formula is C26H29N6O5S2+. The fourth-order valence-corrected chi connectivity index (χ4v) is 7.10. The molecule has 204 valence electrons. The Bertz CT molecular complexity index is 1360. The number of hydrogen-bond donors (Lipinski definition) is 3. The normalized spacial score (nSPS) is 23.4. The monoisotopic (exact) mass is 569 g/mol. The Morgan fingerprint density at radius 3 is 2.62 bits per heavy atom. The zero-order valence-corrected chi connectivity index (χ0v) is 22.7. The number of carboxylic acid groups (broad SMARTS) is 1. The van der Waals surface area contributed by atoms with Crippen LogP contribution in [0.4, 0.5) is 5.13 Å². The first-order valence-electron chi connectivity index (χ1n) is 13.0. The first-order chi connectivity index (χ1) is 18.9. The molecule has 2 aliphatic carbocycles. The number of nitrogens with one attached hydrogen (secondary N) is 1. The molecular weight excluding hydrogens is 540 g/mol. The molecule has 6 rings (SSSR count). The molecule has 2 aromatic rings. The molecule has 4 N–H and O–H groups in total. The van der Waals surface area contributed by atoms with Gasteiger partial charge < -0.3 is 21.0 Å². The van der Waals surface area contributed by atoms with Gasteiger partial charge in [0, 0.05) is 28.8 Å². The van der Waals surface area contributed by atoms with E-state index in [2.05, 4.69) is 27.6 Å². The van der Waals surface area contributed by atoms with Crippen molar-refractivity contribution < 1.29 is 28.9 Å². The number of aliphatic carboxylic acids is 1. The summed E-state index contributed by atoms with van der Waals surface area (Å²) >= 11 is 2.60. The molecule has 0 bridgehead atoms. The van der Waals surface area contributed by atoms with Crippen LogP contribution in [-0.2, 0) is 25.8 Å². The molecule has 0 spiro atoms. The first-order valence-corrected chi connectivity index (χ1v) is 15.0. The highest BCUT2D eigenvalue weighted by molar-refractivity contribution is 8.00. The first kappa shape index (κ1) is 25.8. The second-order valence-electron chi connectivity index (χ2n) is 10.2. The minimum absolute atomic E-state index is 0.0150. The van der Waals surface area contributed by atoms with Crippen LogP contribution in [0.1, 0.15) is 55.7 Å². The van der Waals surface area contributed by atoms with E-state index in [1.807, 2.05) is 17.0 Å². The maximum Gasteiger partial charge on any atom is 0.352 e. The number of nitrogen functional groups attached to an aromatic ring is 1. The second-order valence-corrected chi connectivity index (χ2v) is 12.2. The standard InChI is InChI=1S/C26H28N6O5S2/c27-26-28-18(13-39-26)19(30-37-17-3-1-2-4-17)22(33)29-20-23(34)32-21(25(35)36)16(12-38-24(20)32)11-31-9-7-15(8-10-31)14-5-6-14/h7-10,13-14,17,20,24H,1-6,11-12H2,(H3-,27,28,29,33,35,36)/p+1/t20?,24-/m0/s1. The number of carboxylic acids is 1. The predicted octanol–water partition coefficient (Wildman–Crippen LogP) is 1.99. The molecule has 2 amide bonds. The van der Waals surface area contributed by atoms with Gasteiger partial charge in [-0.05, 0) is 50.0 Å². The maximum atomic E-state index is 13.3. The lowest BCUT2D eigenvalue weighted by atomic mass is 10.0. The summed E-state index contributed by atoms with van der Waals surface area (Å²) in [5.41, 5.74) is 7.92. The molecule has 0 aromatic carbocycles. The van der Waals surface area contributed by atoms with Crippen molar-refractivity contribution in [2.24, 2.45) is 5.16 Å². The van der Waals surface area contributed by atoms with E-state index < -0.39 is 29.2 Å². The van der Waals surface area contributed by atoms with E-state index in [9.17, 15) is 19.5 Å². The zero-order chi connectivity index (χ0) is 27.1. The van der Waals surface area contributed by atoms with Gasteiger partial charge in [-0.1, -0.05) is 5.16 Å². The van der Waals surface area contributed by atoms with Crippen LogP contribution >= 0.6 is 23.1 Å². The molecule has 4 aliphatic rings. The van der Waals surface area contributed by atoms with E-state index in [0.717, 1.165) is 25.7 Å². The predicted molar refractivity (Wildman–Crippen MR) is 145 cm³/mol. The molecule has 39 heavy (non-hydrogen) atoms. The van der Waals surface area contributed by atoms with Crippen molar-refractivity contribution in [1.29, 1.82) is 0 Å². The van der Waals surface area contributed by atoms with Crippen LogP contribution in [0.15, 0.2) is 46.3 Å². The zero-order valence-electron chi connectivity index (χ0n) is 21.1. The number of nitrogens with two attached hydrogens (primary N) is 1. The van der Waals surface area contributed by atoms with E-state index >= 15 is 0 Å². The largest absolute Gasteiger partial charge is 0.477 e. The number of rotatable bonds is 9. The highest BCUT2D eigenvalue weighted by Gasteiger charge is 2.54. The van der Waals surface area contributed by atoms with E-state index in [1.165, 1.54) is 46.4 Å². The lowest BCUT2D eigenvalue weighted by Gasteiger charge is -2.49. The van der Waals surface area contributed by atoms with Crippen molar-refractivity contribution in [3.8, 4) is 0 Å². The van der Waals surface area contributed by atoms with Gasteiger partial charge in [0.05, 0.1) is 0 Å². The number of oxime groups is 1. The van der Waals surface area contributed by atoms with Gasteiger partial charge in [-0.2, -0.15) is 0 Å². The number of amides is 2. The van der Waals surface area contributed by atoms with Crippen molar-refractivity contribution in [1.82, 2.24) is 15.2 Å². The minimum Gasteiger partial charge on any atom is -0.477 e. The number of hydrogen-bond acceptors (Lipinski definition) is 9. The Kier molecular flexibility index (Phi) is 7.02. The molecule has 2 aromatic heterocycles. The van der Waals surface area contributed by atoms with Gasteiger partial charge in [0.1, 0.15) is 28.9 Å². The molecule has 2 saturated carbocycles. The van der Waals surface area contributed by atoms with Crippen LogP contribution in [-0.4, -0.2) is 61.8 Å². The number of pyridine rings is 1. The minimum atomic E-state index is -1.16. The van der Waals surface area contributed by atoms with Gasteiger partial charge >= 0.3 is 5.97 Å². The molecule has 1 saturated heterocycles. The molecule has 0 radical (unpaired) electrons. The fourth-order valence-electron chi connectivity index (χ4n) is 5.22. The molecule has 1 unspecified atom stereocenters. The van der Waals surface area contributed by atoms with Gasteiger partial charge in [0.15, 0.2) is 29.8 Å². The lowest BCUT2D eigenvalue weighted by Crippen LogP contribution is -2.71. The van der Waals surface area contributed by atoms with Crippen LogP contribution < -0.4 is 15.6 Å². The second kappa shape index (κ2) is 10.6. The number of anilines is 1. The van der Waals surface area contributed by atoms with Crippen LogP contribution in [0.2, 0.25) is 0 Å². The number of aromatic nitrogens is 2. The van der Waals surface area contributed by atoms with Gasteiger partial charge in [-0.15, -0.1) is 23.1 Å². The van der Waals surface area contributed by atoms with Crippen molar-refractivity contribution in [3.05, 3.63) is 52.4 Å². The van der Waals surface area contributed by atoms with Crippen molar-refractivity contribution in [2.75, 3.05) is 11.5 Å². The number of fused-ring (bicyclic) bond motifs is 1. The van der Waals surface area contributed by atoms with E-state index in [4.69, 9.17) is 10.6 Å². The van der Waals surface area contributed by atoms with E-state index in [0.29, 0.717) is 23.8 Å². The van der Waals surface area contributed by atoms with Gasteiger partial charge in [-0.3, -0.25) is 14.5 Å². The number of thiazole rings is 1. The van der Waals surface area contributed by atoms with Crippen LogP contribution in [0.5, 0.6) is 0 Å². The summed E-state index contributed by atoms with van der Waals surface area (Å²) < 4.78 is 1.93. The summed E-state index contributed by atoms with van der Waals surface area (Å²) in [7, 11) is 0. The number of β-lactam (4-membered cyclic amide) rings is 1. The third-order valence-corrected chi connectivity index (χ3v) is 9.46. The summed E-state index contributed by atoms with van der Waals surface area (Å²) in [5.74, 6) is -1.19. The lowest BCUT2D eigenvalue weighted by molar-refractivity contribution is -0.689. The average Bonchev–Trinajstić information content (AvgIpc) is 3.48. The van der Waals surface area contributed by atoms with Crippen molar-refractivity contribution >= 4 is 51.7 Å². The third kappa shape index (κ3) is 5.24. The molecule has 13 heteroatoms. The summed E-state index contributed by atoms with van der Waals surface area (Å²) in [5, 5.41) is 18.2.